The minimum absolute atomic E-state index is 0.268. The van der Waals surface area contributed by atoms with E-state index in [1.807, 2.05) is 18.2 Å². The summed E-state index contributed by atoms with van der Waals surface area (Å²) in [6.45, 7) is 5.29. The van der Waals surface area contributed by atoms with Crippen LogP contribution in [0.25, 0.3) is 28.2 Å². The second-order valence-corrected chi connectivity index (χ2v) is 7.92. The predicted octanol–water partition coefficient (Wildman–Crippen LogP) is 7.39. The number of allylic oxidation sites excluding steroid dienone is 1. The second kappa shape index (κ2) is 11.5. The Morgan fingerprint density at radius 3 is 2.63 bits per heavy atom. The first kappa shape index (κ1) is 22.0. The van der Waals surface area contributed by atoms with E-state index in [9.17, 15) is 5.11 Å². The van der Waals surface area contributed by atoms with Crippen LogP contribution in [-0.2, 0) is 4.74 Å². The van der Waals surface area contributed by atoms with Crippen molar-refractivity contribution < 1.29 is 9.84 Å². The highest BCUT2D eigenvalue weighted by Gasteiger charge is 2.03. The van der Waals surface area contributed by atoms with E-state index in [4.69, 9.17) is 9.72 Å². The van der Waals surface area contributed by atoms with Gasteiger partial charge in [-0.1, -0.05) is 44.1 Å². The van der Waals surface area contributed by atoms with Crippen molar-refractivity contribution in [3.05, 3.63) is 66.2 Å². The van der Waals surface area contributed by atoms with Gasteiger partial charge in [-0.15, -0.1) is 0 Å². The first-order valence-corrected chi connectivity index (χ1v) is 11.1. The number of rotatable bonds is 11. The molecule has 0 saturated carbocycles. The number of aromatic hydroxyl groups is 1. The molecule has 158 valence electrons. The molecular formula is C27H33NO2. The molecule has 3 rings (SSSR count). The third kappa shape index (κ3) is 6.70. The molecule has 1 heterocycles. The first-order valence-electron chi connectivity index (χ1n) is 11.1. The van der Waals surface area contributed by atoms with Crippen LogP contribution in [0.2, 0.25) is 0 Å². The van der Waals surface area contributed by atoms with Gasteiger partial charge in [0.1, 0.15) is 5.75 Å². The van der Waals surface area contributed by atoms with E-state index in [1.54, 1.807) is 12.1 Å². The SMILES string of the molecule is CCCCCOC(C)CCC/C=C/c1ccc2nc(-c3ccc(O)cc3)ccc2c1. The van der Waals surface area contributed by atoms with Crippen molar-refractivity contribution in [2.24, 2.45) is 0 Å². The van der Waals surface area contributed by atoms with Gasteiger partial charge in [0.25, 0.3) is 0 Å². The number of ether oxygens (including phenoxy) is 1. The molecule has 30 heavy (non-hydrogen) atoms. The van der Waals surface area contributed by atoms with E-state index in [0.717, 1.165) is 48.0 Å². The van der Waals surface area contributed by atoms with Gasteiger partial charge in [0.15, 0.2) is 0 Å². The van der Waals surface area contributed by atoms with Gasteiger partial charge >= 0.3 is 0 Å². The molecule has 0 saturated heterocycles. The predicted molar refractivity (Wildman–Crippen MR) is 127 cm³/mol. The van der Waals surface area contributed by atoms with Crippen LogP contribution in [0.3, 0.4) is 0 Å². The van der Waals surface area contributed by atoms with Crippen molar-refractivity contribution in [1.29, 1.82) is 0 Å². The molecule has 0 fully saturated rings. The molecule has 3 aromatic rings. The molecule has 0 radical (unpaired) electrons. The summed E-state index contributed by atoms with van der Waals surface area (Å²) in [5, 5.41) is 10.6. The zero-order chi connectivity index (χ0) is 21.2. The summed E-state index contributed by atoms with van der Waals surface area (Å²) in [6.07, 6.45) is 11.8. The van der Waals surface area contributed by atoms with Crippen LogP contribution in [0.15, 0.2) is 60.7 Å². The summed E-state index contributed by atoms with van der Waals surface area (Å²) in [7, 11) is 0. The van der Waals surface area contributed by atoms with Gasteiger partial charge in [-0.3, -0.25) is 0 Å². The van der Waals surface area contributed by atoms with Crippen LogP contribution in [-0.4, -0.2) is 22.8 Å². The maximum Gasteiger partial charge on any atom is 0.115 e. The van der Waals surface area contributed by atoms with E-state index in [-0.39, 0.29) is 5.75 Å². The summed E-state index contributed by atoms with van der Waals surface area (Å²) in [5.74, 6) is 0.268. The molecule has 0 amide bonds. The summed E-state index contributed by atoms with van der Waals surface area (Å²) in [5.41, 5.74) is 4.09. The highest BCUT2D eigenvalue weighted by Crippen LogP contribution is 2.24. The lowest BCUT2D eigenvalue weighted by atomic mass is 10.1. The summed E-state index contributed by atoms with van der Waals surface area (Å²) in [6, 6.07) is 17.7. The van der Waals surface area contributed by atoms with Gasteiger partial charge < -0.3 is 9.84 Å². The van der Waals surface area contributed by atoms with E-state index in [0.29, 0.717) is 6.10 Å². The average Bonchev–Trinajstić information content (AvgIpc) is 2.76. The lowest BCUT2D eigenvalue weighted by molar-refractivity contribution is 0.0566. The number of phenols is 1. The Bertz CT molecular complexity index is 947. The van der Waals surface area contributed by atoms with E-state index in [2.05, 4.69) is 50.3 Å². The van der Waals surface area contributed by atoms with Crippen molar-refractivity contribution in [3.63, 3.8) is 0 Å². The number of benzene rings is 2. The van der Waals surface area contributed by atoms with E-state index in [1.165, 1.54) is 24.8 Å². The molecule has 0 aliphatic rings. The molecule has 3 nitrogen and oxygen atoms in total. The Morgan fingerprint density at radius 1 is 1.00 bits per heavy atom. The van der Waals surface area contributed by atoms with Crippen LogP contribution in [0, 0.1) is 0 Å². The van der Waals surface area contributed by atoms with Crippen molar-refractivity contribution in [2.45, 2.75) is 58.5 Å². The van der Waals surface area contributed by atoms with Gasteiger partial charge in [-0.25, -0.2) is 4.98 Å². The van der Waals surface area contributed by atoms with Crippen molar-refractivity contribution >= 4 is 17.0 Å². The highest BCUT2D eigenvalue weighted by molar-refractivity contribution is 5.83. The Labute approximate surface area is 180 Å². The third-order valence-corrected chi connectivity index (χ3v) is 5.32. The van der Waals surface area contributed by atoms with Crippen LogP contribution in [0.4, 0.5) is 0 Å². The zero-order valence-electron chi connectivity index (χ0n) is 18.2. The molecule has 1 aromatic heterocycles. The first-order chi connectivity index (χ1) is 14.7. The summed E-state index contributed by atoms with van der Waals surface area (Å²) < 4.78 is 5.86. The number of fused-ring (bicyclic) bond motifs is 1. The van der Waals surface area contributed by atoms with Crippen LogP contribution >= 0.6 is 0 Å². The molecular weight excluding hydrogens is 370 g/mol. The van der Waals surface area contributed by atoms with E-state index >= 15 is 0 Å². The van der Waals surface area contributed by atoms with Gasteiger partial charge in [0.2, 0.25) is 0 Å². The monoisotopic (exact) mass is 403 g/mol. The molecule has 0 bridgehead atoms. The molecule has 1 N–H and O–H groups in total. The fourth-order valence-electron chi connectivity index (χ4n) is 3.50. The Balaban J connectivity index is 1.50. The second-order valence-electron chi connectivity index (χ2n) is 7.92. The van der Waals surface area contributed by atoms with Gasteiger partial charge in [-0.2, -0.15) is 0 Å². The number of nitrogens with zero attached hydrogens (tertiary/aromatic N) is 1. The Kier molecular flexibility index (Phi) is 8.46. The molecule has 1 unspecified atom stereocenters. The van der Waals surface area contributed by atoms with Crippen molar-refractivity contribution in [3.8, 4) is 17.0 Å². The Morgan fingerprint density at radius 2 is 1.83 bits per heavy atom. The largest absolute Gasteiger partial charge is 0.508 e. The molecule has 3 heteroatoms. The summed E-state index contributed by atoms with van der Waals surface area (Å²) >= 11 is 0. The average molecular weight is 404 g/mol. The summed E-state index contributed by atoms with van der Waals surface area (Å²) in [4.78, 5) is 4.76. The van der Waals surface area contributed by atoms with Gasteiger partial charge in [-0.05, 0) is 80.6 Å². The minimum atomic E-state index is 0.268. The number of phenolic OH excluding ortho intramolecular Hbond substituents is 1. The molecule has 0 aliphatic carbocycles. The molecule has 0 spiro atoms. The number of pyridine rings is 1. The van der Waals surface area contributed by atoms with Gasteiger partial charge in [0, 0.05) is 17.6 Å². The van der Waals surface area contributed by atoms with Gasteiger partial charge in [0.05, 0.1) is 17.3 Å². The quantitative estimate of drug-likeness (QED) is 0.339. The fraction of sp³-hybridized carbons (Fsp3) is 0.370. The number of hydrogen-bond donors (Lipinski definition) is 1. The standard InChI is InChI=1S/C27H33NO2/c1-3-4-8-19-30-21(2)9-6-5-7-10-22-11-17-27-24(20-22)14-18-26(28-27)23-12-15-25(29)16-13-23/h7,10-18,20-21,29H,3-6,8-9,19H2,1-2H3/b10-7+. The maximum absolute atomic E-state index is 9.46. The number of hydrogen-bond acceptors (Lipinski definition) is 3. The minimum Gasteiger partial charge on any atom is -0.508 e. The normalized spacial score (nSPS) is 12.6. The maximum atomic E-state index is 9.46. The Hall–Kier alpha value is -2.65. The van der Waals surface area contributed by atoms with Crippen molar-refractivity contribution in [1.82, 2.24) is 4.98 Å². The molecule has 2 aromatic carbocycles. The highest BCUT2D eigenvalue weighted by atomic mass is 16.5. The number of aromatic nitrogens is 1. The zero-order valence-corrected chi connectivity index (χ0v) is 18.2. The van der Waals surface area contributed by atoms with Crippen LogP contribution in [0.1, 0.15) is 57.9 Å². The lowest BCUT2D eigenvalue weighted by Gasteiger charge is -2.12. The van der Waals surface area contributed by atoms with E-state index < -0.39 is 0 Å². The topological polar surface area (TPSA) is 42.4 Å². The molecule has 1 atom stereocenters. The third-order valence-electron chi connectivity index (χ3n) is 5.32. The number of unbranched alkanes of at least 4 members (excludes halogenated alkanes) is 3. The lowest BCUT2D eigenvalue weighted by Crippen LogP contribution is -2.08. The van der Waals surface area contributed by atoms with Crippen LogP contribution < -0.4 is 0 Å². The fourth-order valence-corrected chi connectivity index (χ4v) is 3.50. The molecule has 0 aliphatic heterocycles. The smallest absolute Gasteiger partial charge is 0.115 e. The van der Waals surface area contributed by atoms with Crippen LogP contribution in [0.5, 0.6) is 5.75 Å². The van der Waals surface area contributed by atoms with Crippen molar-refractivity contribution in [2.75, 3.05) is 6.61 Å².